The molecule has 1 fully saturated rings. The van der Waals surface area contributed by atoms with E-state index in [1.165, 1.54) is 0 Å². The fourth-order valence-electron chi connectivity index (χ4n) is 1.75. The van der Waals surface area contributed by atoms with Gasteiger partial charge in [-0.15, -0.1) is 0 Å². The average Bonchev–Trinajstić information content (AvgIpc) is 2.12. The van der Waals surface area contributed by atoms with Gasteiger partial charge in [0, 0.05) is 0 Å². The van der Waals surface area contributed by atoms with Gasteiger partial charge in [-0.1, -0.05) is 18.7 Å². The molecule has 0 saturated heterocycles. The smallest absolute Gasteiger partial charge is 0.293 e. The molecule has 1 rings (SSSR count). The summed E-state index contributed by atoms with van der Waals surface area (Å²) >= 11 is 0. The maximum Gasteiger partial charge on any atom is 0.293 e. The van der Waals surface area contributed by atoms with Crippen LogP contribution in [-0.4, -0.2) is 23.8 Å². The molecule has 3 nitrogen and oxygen atoms in total. The monoisotopic (exact) mass is 196 g/mol. The Morgan fingerprint density at radius 2 is 2.29 bits per heavy atom. The highest BCUT2D eigenvalue weighted by Crippen LogP contribution is 2.33. The number of hydrogen-bond acceptors (Lipinski definition) is 3. The molecule has 0 spiro atoms. The molecule has 1 aliphatic carbocycles. The third kappa shape index (κ3) is 2.23. The van der Waals surface area contributed by atoms with Gasteiger partial charge in [-0.05, 0) is 31.3 Å². The first-order chi connectivity index (χ1) is 6.56. The van der Waals surface area contributed by atoms with Gasteiger partial charge in [-0.25, -0.2) is 0 Å². The van der Waals surface area contributed by atoms with E-state index in [1.807, 2.05) is 6.92 Å². The van der Waals surface area contributed by atoms with Crippen LogP contribution in [0.1, 0.15) is 19.8 Å². The second kappa shape index (κ2) is 4.42. The Morgan fingerprint density at radius 3 is 2.79 bits per heavy atom. The van der Waals surface area contributed by atoms with Crippen LogP contribution in [-0.2, 0) is 9.53 Å². The molecule has 0 aromatic rings. The van der Waals surface area contributed by atoms with E-state index in [9.17, 15) is 9.90 Å². The molecule has 0 heterocycles. The van der Waals surface area contributed by atoms with Crippen molar-refractivity contribution in [2.45, 2.75) is 32.0 Å². The summed E-state index contributed by atoms with van der Waals surface area (Å²) in [6.45, 7) is 9.90. The number of carbonyl (C=O) groups excluding carboxylic acids is 1. The largest absolute Gasteiger partial charge is 0.460 e. The summed E-state index contributed by atoms with van der Waals surface area (Å²) in [7, 11) is 0. The van der Waals surface area contributed by atoms with E-state index in [1.54, 1.807) is 0 Å². The first kappa shape index (κ1) is 11.0. The Bertz CT molecular complexity index is 257. The minimum atomic E-state index is -0.588. The summed E-state index contributed by atoms with van der Waals surface area (Å²) in [4.78, 5) is 10.2. The molecular weight excluding hydrogens is 180 g/mol. The predicted molar refractivity (Wildman–Crippen MR) is 53.6 cm³/mol. The quantitative estimate of drug-likeness (QED) is 0.548. The topological polar surface area (TPSA) is 46.5 Å². The summed E-state index contributed by atoms with van der Waals surface area (Å²) in [5.41, 5.74) is 1.60. The summed E-state index contributed by atoms with van der Waals surface area (Å²) in [5.74, 6) is 0.209. The molecule has 1 N–H and O–H groups in total. The van der Waals surface area contributed by atoms with Crippen LogP contribution in [0.2, 0.25) is 0 Å². The van der Waals surface area contributed by atoms with Gasteiger partial charge in [0.2, 0.25) is 0 Å². The van der Waals surface area contributed by atoms with Crippen molar-refractivity contribution in [2.75, 3.05) is 0 Å². The zero-order valence-electron chi connectivity index (χ0n) is 8.40. The number of allylic oxidation sites excluding steroid dienone is 1. The lowest BCUT2D eigenvalue weighted by Crippen LogP contribution is -2.34. The van der Waals surface area contributed by atoms with E-state index < -0.39 is 6.10 Å². The second-order valence-corrected chi connectivity index (χ2v) is 3.83. The molecule has 0 aliphatic heterocycles. The molecule has 0 bridgehead atoms. The van der Waals surface area contributed by atoms with Crippen LogP contribution in [0.15, 0.2) is 24.3 Å². The lowest BCUT2D eigenvalue weighted by molar-refractivity contribution is -0.133. The number of aliphatic hydroxyl groups is 1. The number of carbonyl (C=O) groups is 1. The van der Waals surface area contributed by atoms with Gasteiger partial charge in [-0.3, -0.25) is 4.79 Å². The predicted octanol–water partition coefficient (Wildman–Crippen LogP) is 1.43. The van der Waals surface area contributed by atoms with Gasteiger partial charge in [0.15, 0.2) is 0 Å². The normalized spacial score (nSPS) is 32.4. The fourth-order valence-corrected chi connectivity index (χ4v) is 1.75. The molecule has 3 atom stereocenters. The average molecular weight is 196 g/mol. The van der Waals surface area contributed by atoms with E-state index in [2.05, 4.69) is 13.2 Å². The summed E-state index contributed by atoms with van der Waals surface area (Å²) in [6, 6.07) is 0. The number of rotatable bonds is 3. The summed E-state index contributed by atoms with van der Waals surface area (Å²) in [6.07, 6.45) is 0.366. The molecular formula is C11H16O3. The first-order valence-electron chi connectivity index (χ1n) is 4.67. The van der Waals surface area contributed by atoms with Crippen LogP contribution in [0.25, 0.3) is 0 Å². The first-order valence-corrected chi connectivity index (χ1v) is 4.67. The Balaban J connectivity index is 2.70. The van der Waals surface area contributed by atoms with Gasteiger partial charge >= 0.3 is 0 Å². The third-order valence-electron chi connectivity index (χ3n) is 2.76. The molecule has 1 aliphatic rings. The van der Waals surface area contributed by atoms with E-state index in [4.69, 9.17) is 4.74 Å². The zero-order valence-corrected chi connectivity index (χ0v) is 8.40. The highest BCUT2D eigenvalue weighted by atomic mass is 16.5. The molecule has 0 aromatic carbocycles. The Morgan fingerprint density at radius 1 is 1.64 bits per heavy atom. The fraction of sp³-hybridized carbons (Fsp3) is 0.545. The Labute approximate surface area is 84.1 Å². The van der Waals surface area contributed by atoms with E-state index in [0.717, 1.165) is 5.57 Å². The standard InChI is InChI=1S/C11H16O3/c1-7(2)9-4-10(13)8(3)11(5-9)14-6-12/h6,9-11,13H,1,3-5H2,2H3. The SMILES string of the molecule is C=C(C)C1CC(O)C(=C)C(OC=O)C1. The maximum absolute atomic E-state index is 10.2. The molecule has 3 unspecified atom stereocenters. The number of aliphatic hydroxyl groups excluding tert-OH is 1. The van der Waals surface area contributed by atoms with Gasteiger partial charge in [0.25, 0.3) is 6.47 Å². The third-order valence-corrected chi connectivity index (χ3v) is 2.76. The van der Waals surface area contributed by atoms with Crippen molar-refractivity contribution < 1.29 is 14.6 Å². The zero-order chi connectivity index (χ0) is 10.7. The van der Waals surface area contributed by atoms with Crippen LogP contribution >= 0.6 is 0 Å². The van der Waals surface area contributed by atoms with Crippen molar-refractivity contribution >= 4 is 6.47 Å². The minimum Gasteiger partial charge on any atom is -0.460 e. The van der Waals surface area contributed by atoms with Gasteiger partial charge in [0.1, 0.15) is 6.10 Å². The van der Waals surface area contributed by atoms with Crippen LogP contribution < -0.4 is 0 Å². The van der Waals surface area contributed by atoms with Gasteiger partial charge < -0.3 is 9.84 Å². The van der Waals surface area contributed by atoms with Crippen LogP contribution in [0.5, 0.6) is 0 Å². The Hall–Kier alpha value is -1.09. The van der Waals surface area contributed by atoms with Crippen LogP contribution in [0, 0.1) is 5.92 Å². The highest BCUT2D eigenvalue weighted by Gasteiger charge is 2.32. The second-order valence-electron chi connectivity index (χ2n) is 3.83. The lowest BCUT2D eigenvalue weighted by atomic mass is 9.79. The minimum absolute atomic E-state index is 0.209. The van der Waals surface area contributed by atoms with Crippen LogP contribution in [0.4, 0.5) is 0 Å². The number of hydrogen-bond donors (Lipinski definition) is 1. The summed E-state index contributed by atoms with van der Waals surface area (Å²) < 4.78 is 4.86. The van der Waals surface area contributed by atoms with Crippen molar-refractivity contribution in [1.29, 1.82) is 0 Å². The van der Waals surface area contributed by atoms with Crippen molar-refractivity contribution in [2.24, 2.45) is 5.92 Å². The van der Waals surface area contributed by atoms with E-state index in [0.29, 0.717) is 24.9 Å². The molecule has 14 heavy (non-hydrogen) atoms. The van der Waals surface area contributed by atoms with Gasteiger partial charge in [0.05, 0.1) is 6.10 Å². The summed E-state index contributed by atoms with van der Waals surface area (Å²) in [5, 5.41) is 9.66. The lowest BCUT2D eigenvalue weighted by Gasteiger charge is -2.33. The maximum atomic E-state index is 10.2. The molecule has 1 saturated carbocycles. The van der Waals surface area contributed by atoms with Crippen LogP contribution in [0.3, 0.4) is 0 Å². The van der Waals surface area contributed by atoms with E-state index in [-0.39, 0.29) is 12.0 Å². The molecule has 0 radical (unpaired) electrons. The molecule has 78 valence electrons. The van der Waals surface area contributed by atoms with Crippen molar-refractivity contribution in [1.82, 2.24) is 0 Å². The Kier molecular flexibility index (Phi) is 3.47. The molecule has 3 heteroatoms. The van der Waals surface area contributed by atoms with Crippen molar-refractivity contribution in [3.63, 3.8) is 0 Å². The molecule has 0 amide bonds. The van der Waals surface area contributed by atoms with Gasteiger partial charge in [-0.2, -0.15) is 0 Å². The highest BCUT2D eigenvalue weighted by molar-refractivity contribution is 5.39. The van der Waals surface area contributed by atoms with Crippen molar-refractivity contribution in [3.05, 3.63) is 24.3 Å². The molecule has 0 aromatic heterocycles. The van der Waals surface area contributed by atoms with Crippen molar-refractivity contribution in [3.8, 4) is 0 Å². The van der Waals surface area contributed by atoms with E-state index >= 15 is 0 Å². The number of ether oxygens (including phenoxy) is 1.